The molecular weight excluding hydrogens is 400 g/mol. The van der Waals surface area contributed by atoms with E-state index in [1.165, 1.54) is 17.7 Å². The number of nitrogens with one attached hydrogen (secondary N) is 1. The molecule has 30 heavy (non-hydrogen) atoms. The largest absolute Gasteiger partial charge is 0.443 e. The first-order chi connectivity index (χ1) is 14.7. The minimum atomic E-state index is -0.0729. The smallest absolute Gasteiger partial charge is 0.287 e. The zero-order chi connectivity index (χ0) is 20.5. The number of rotatable bonds is 6. The third kappa shape index (κ3) is 3.39. The van der Waals surface area contributed by atoms with Gasteiger partial charge in [0.25, 0.3) is 5.91 Å². The predicted molar refractivity (Wildman–Crippen MR) is 116 cm³/mol. The van der Waals surface area contributed by atoms with Gasteiger partial charge in [-0.05, 0) is 41.3 Å². The number of carbonyl (C=O) groups excluding carboxylic acids is 1. The molecule has 0 radical (unpaired) electrons. The molecule has 3 heterocycles. The van der Waals surface area contributed by atoms with E-state index in [1.807, 2.05) is 35.2 Å². The Hall–Kier alpha value is -3.07. The Morgan fingerprint density at radius 2 is 2.20 bits per heavy atom. The van der Waals surface area contributed by atoms with Gasteiger partial charge in [-0.3, -0.25) is 4.79 Å². The van der Waals surface area contributed by atoms with Gasteiger partial charge in [0, 0.05) is 36.4 Å². The third-order valence-corrected chi connectivity index (χ3v) is 6.22. The first kappa shape index (κ1) is 18.9. The average molecular weight is 420 g/mol. The second kappa shape index (κ2) is 7.98. The van der Waals surface area contributed by atoms with E-state index in [0.29, 0.717) is 24.6 Å². The van der Waals surface area contributed by atoms with E-state index < -0.39 is 0 Å². The van der Waals surface area contributed by atoms with Crippen LogP contribution in [0.5, 0.6) is 0 Å². The van der Waals surface area contributed by atoms with Crippen LogP contribution in [0.2, 0.25) is 0 Å². The van der Waals surface area contributed by atoms with Crippen LogP contribution >= 0.6 is 11.3 Å². The van der Waals surface area contributed by atoms with Crippen molar-refractivity contribution >= 4 is 34.0 Å². The third-order valence-electron chi connectivity index (χ3n) is 5.24. The van der Waals surface area contributed by atoms with Gasteiger partial charge in [0.15, 0.2) is 17.0 Å². The van der Waals surface area contributed by atoms with Crippen molar-refractivity contribution in [3.8, 4) is 11.1 Å². The van der Waals surface area contributed by atoms with E-state index in [9.17, 15) is 4.79 Å². The summed E-state index contributed by atoms with van der Waals surface area (Å²) in [5.41, 5.74) is 5.86. The molecule has 0 unspecified atom stereocenters. The summed E-state index contributed by atoms with van der Waals surface area (Å²) in [7, 11) is 0. The van der Waals surface area contributed by atoms with Gasteiger partial charge in [0.05, 0.1) is 6.61 Å². The van der Waals surface area contributed by atoms with Crippen molar-refractivity contribution in [1.82, 2.24) is 15.3 Å². The van der Waals surface area contributed by atoms with Crippen LogP contribution in [-0.2, 0) is 13.0 Å². The molecule has 0 saturated carbocycles. The van der Waals surface area contributed by atoms with Gasteiger partial charge in [0.2, 0.25) is 0 Å². The quantitative estimate of drug-likeness (QED) is 0.466. The standard InChI is InChI=1S/C22H20N4O3S/c27-9-7-23-11-15-12-24-21(30-15)22(28)26-8-6-17-16(2-1-3-19(17)26)14-4-5-20-18(10-14)25-13-29-20/h1-5,10,12-13,23,27H,6-9,11H2. The fourth-order valence-electron chi connectivity index (χ4n) is 3.84. The molecule has 4 aromatic rings. The number of nitrogens with zero attached hydrogens (tertiary/aromatic N) is 3. The van der Waals surface area contributed by atoms with Crippen molar-refractivity contribution in [2.24, 2.45) is 0 Å². The van der Waals surface area contributed by atoms with E-state index in [1.54, 1.807) is 6.20 Å². The number of benzene rings is 2. The number of aromatic nitrogens is 2. The predicted octanol–water partition coefficient (Wildman–Crippen LogP) is 3.24. The van der Waals surface area contributed by atoms with Gasteiger partial charge >= 0.3 is 0 Å². The maximum atomic E-state index is 13.1. The fourth-order valence-corrected chi connectivity index (χ4v) is 4.67. The first-order valence-electron chi connectivity index (χ1n) is 9.78. The van der Waals surface area contributed by atoms with E-state index in [4.69, 9.17) is 9.52 Å². The molecule has 0 atom stereocenters. The monoisotopic (exact) mass is 420 g/mol. The second-order valence-corrected chi connectivity index (χ2v) is 8.19. The van der Waals surface area contributed by atoms with Gasteiger partial charge in [-0.15, -0.1) is 11.3 Å². The molecule has 1 aliphatic heterocycles. The number of thiazole rings is 1. The summed E-state index contributed by atoms with van der Waals surface area (Å²) >= 11 is 1.39. The highest BCUT2D eigenvalue weighted by molar-refractivity contribution is 7.13. The van der Waals surface area contributed by atoms with Gasteiger partial charge in [-0.1, -0.05) is 18.2 Å². The SMILES string of the molecule is O=C(c1ncc(CNCCO)s1)N1CCc2c(-c3ccc4ocnc4c3)cccc21. The van der Waals surface area contributed by atoms with E-state index in [-0.39, 0.29) is 12.5 Å². The second-order valence-electron chi connectivity index (χ2n) is 7.08. The molecule has 0 saturated heterocycles. The number of aliphatic hydroxyl groups is 1. The summed E-state index contributed by atoms with van der Waals surface area (Å²) in [5.74, 6) is -0.0729. The Bertz CT molecular complexity index is 1220. The Balaban J connectivity index is 1.42. The Labute approximate surface area is 177 Å². The summed E-state index contributed by atoms with van der Waals surface area (Å²) in [4.78, 5) is 24.5. The summed E-state index contributed by atoms with van der Waals surface area (Å²) in [6.07, 6.45) is 3.97. The number of hydrogen-bond donors (Lipinski definition) is 2. The van der Waals surface area contributed by atoms with Crippen LogP contribution in [0.4, 0.5) is 5.69 Å². The highest BCUT2D eigenvalue weighted by atomic mass is 32.1. The molecule has 0 spiro atoms. The number of carbonyl (C=O) groups is 1. The van der Waals surface area contributed by atoms with Gasteiger partial charge in [0.1, 0.15) is 5.52 Å². The molecule has 2 N–H and O–H groups in total. The molecule has 5 rings (SSSR count). The van der Waals surface area contributed by atoms with Gasteiger partial charge in [-0.2, -0.15) is 0 Å². The molecule has 8 heteroatoms. The van der Waals surface area contributed by atoms with Crippen LogP contribution in [0.25, 0.3) is 22.2 Å². The normalized spacial score (nSPS) is 13.2. The summed E-state index contributed by atoms with van der Waals surface area (Å²) in [6.45, 7) is 1.83. The van der Waals surface area contributed by atoms with Crippen molar-refractivity contribution < 1.29 is 14.3 Å². The summed E-state index contributed by atoms with van der Waals surface area (Å²) in [5, 5.41) is 12.5. The van der Waals surface area contributed by atoms with E-state index in [0.717, 1.165) is 44.8 Å². The zero-order valence-corrected chi connectivity index (χ0v) is 17.0. The Kier molecular flexibility index (Phi) is 5.04. The maximum Gasteiger partial charge on any atom is 0.287 e. The van der Waals surface area contributed by atoms with Gasteiger partial charge < -0.3 is 19.7 Å². The molecule has 1 amide bonds. The molecular formula is C22H20N4O3S. The number of oxazole rings is 1. The van der Waals surface area contributed by atoms with Crippen molar-refractivity contribution in [2.45, 2.75) is 13.0 Å². The van der Waals surface area contributed by atoms with Crippen molar-refractivity contribution in [3.63, 3.8) is 0 Å². The number of amides is 1. The lowest BCUT2D eigenvalue weighted by Crippen LogP contribution is -2.28. The summed E-state index contributed by atoms with van der Waals surface area (Å²) in [6, 6.07) is 12.0. The highest BCUT2D eigenvalue weighted by Gasteiger charge is 2.29. The number of aliphatic hydroxyl groups excluding tert-OH is 1. The molecule has 1 aliphatic rings. The molecule has 2 aromatic carbocycles. The summed E-state index contributed by atoms with van der Waals surface area (Å²) < 4.78 is 5.35. The van der Waals surface area contributed by atoms with Crippen LogP contribution < -0.4 is 10.2 Å². The Morgan fingerprint density at radius 1 is 1.27 bits per heavy atom. The minimum Gasteiger partial charge on any atom is -0.443 e. The number of hydrogen-bond acceptors (Lipinski definition) is 7. The first-order valence-corrected chi connectivity index (χ1v) is 10.6. The van der Waals surface area contributed by atoms with Crippen molar-refractivity contribution in [1.29, 1.82) is 0 Å². The van der Waals surface area contributed by atoms with Crippen LogP contribution in [0.15, 0.2) is 53.4 Å². The maximum absolute atomic E-state index is 13.1. The Morgan fingerprint density at radius 3 is 3.10 bits per heavy atom. The highest BCUT2D eigenvalue weighted by Crippen LogP contribution is 2.37. The number of fused-ring (bicyclic) bond motifs is 2. The molecule has 7 nitrogen and oxygen atoms in total. The van der Waals surface area contributed by atoms with Crippen LogP contribution in [0.1, 0.15) is 20.2 Å². The van der Waals surface area contributed by atoms with E-state index in [2.05, 4.69) is 21.4 Å². The van der Waals surface area contributed by atoms with Crippen LogP contribution in [-0.4, -0.2) is 40.7 Å². The lowest BCUT2D eigenvalue weighted by molar-refractivity contribution is 0.0989. The molecule has 152 valence electrons. The molecule has 0 fully saturated rings. The minimum absolute atomic E-state index is 0.0729. The lowest BCUT2D eigenvalue weighted by Gasteiger charge is -2.16. The van der Waals surface area contributed by atoms with Crippen LogP contribution in [0.3, 0.4) is 0 Å². The number of anilines is 1. The molecule has 0 bridgehead atoms. The van der Waals surface area contributed by atoms with E-state index >= 15 is 0 Å². The van der Waals surface area contributed by atoms with Crippen LogP contribution in [0, 0.1) is 0 Å². The van der Waals surface area contributed by atoms with Crippen molar-refractivity contribution in [3.05, 3.63) is 64.4 Å². The van der Waals surface area contributed by atoms with Gasteiger partial charge in [-0.25, -0.2) is 9.97 Å². The fraction of sp³-hybridized carbons (Fsp3) is 0.227. The average Bonchev–Trinajstić information content (AvgIpc) is 3.51. The zero-order valence-electron chi connectivity index (χ0n) is 16.2. The topological polar surface area (TPSA) is 91.5 Å². The lowest BCUT2D eigenvalue weighted by atomic mass is 9.97. The molecule has 0 aliphatic carbocycles. The molecule has 2 aromatic heterocycles. The van der Waals surface area contributed by atoms with Crippen molar-refractivity contribution in [2.75, 3.05) is 24.6 Å².